The smallest absolute Gasteiger partial charge is 0.422 e. The van der Waals surface area contributed by atoms with E-state index in [9.17, 15) is 22.8 Å². The van der Waals surface area contributed by atoms with Crippen LogP contribution in [0.15, 0.2) is 0 Å². The van der Waals surface area contributed by atoms with E-state index in [4.69, 9.17) is 0 Å². The molecule has 88 valence electrons. The topological polar surface area (TPSA) is 58.6 Å². The number of alkyl carbamates (subject to hydrolysis) is 1. The van der Waals surface area contributed by atoms with Crippen molar-refractivity contribution in [3.63, 3.8) is 0 Å². The average molecular weight is 228 g/mol. The Bertz CT molecular complexity index is 240. The average Bonchev–Trinajstić information content (AvgIpc) is 2.09. The molecular weight excluding hydrogens is 217 g/mol. The molecule has 0 aliphatic heterocycles. The molecule has 0 fully saturated rings. The van der Waals surface area contributed by atoms with Gasteiger partial charge in [0.15, 0.2) is 6.61 Å². The van der Waals surface area contributed by atoms with Gasteiger partial charge in [-0.3, -0.25) is 4.79 Å². The van der Waals surface area contributed by atoms with Gasteiger partial charge < -0.3 is 15.0 Å². The van der Waals surface area contributed by atoms with E-state index < -0.39 is 31.3 Å². The quantitative estimate of drug-likeness (QED) is 0.758. The van der Waals surface area contributed by atoms with Crippen LogP contribution in [0.1, 0.15) is 0 Å². The molecule has 0 saturated carbocycles. The van der Waals surface area contributed by atoms with Crippen molar-refractivity contribution < 1.29 is 27.5 Å². The lowest BCUT2D eigenvalue weighted by atomic mass is 10.5. The van der Waals surface area contributed by atoms with Gasteiger partial charge in [0.05, 0.1) is 0 Å². The zero-order valence-corrected chi connectivity index (χ0v) is 8.22. The molecule has 0 radical (unpaired) electrons. The van der Waals surface area contributed by atoms with Crippen LogP contribution in [0.25, 0.3) is 0 Å². The third kappa shape index (κ3) is 7.59. The lowest BCUT2D eigenvalue weighted by Crippen LogP contribution is -2.37. The summed E-state index contributed by atoms with van der Waals surface area (Å²) in [6, 6.07) is 0. The normalized spacial score (nSPS) is 10.7. The first-order valence-electron chi connectivity index (χ1n) is 3.90. The fraction of sp³-hybridized carbons (Fsp3) is 0.714. The van der Waals surface area contributed by atoms with Crippen LogP contribution in [-0.4, -0.2) is 50.3 Å². The van der Waals surface area contributed by atoms with Crippen molar-refractivity contribution in [2.45, 2.75) is 6.18 Å². The molecule has 0 aliphatic rings. The highest BCUT2D eigenvalue weighted by molar-refractivity contribution is 5.81. The molecule has 1 N–H and O–H groups in total. The maximum Gasteiger partial charge on any atom is 0.422 e. The second kappa shape index (κ2) is 5.42. The first-order valence-corrected chi connectivity index (χ1v) is 3.90. The molecule has 0 aromatic carbocycles. The van der Waals surface area contributed by atoms with Gasteiger partial charge in [0.1, 0.15) is 6.54 Å². The molecule has 0 aromatic heterocycles. The summed E-state index contributed by atoms with van der Waals surface area (Å²) >= 11 is 0. The van der Waals surface area contributed by atoms with E-state index in [1.165, 1.54) is 19.0 Å². The van der Waals surface area contributed by atoms with Gasteiger partial charge in [-0.1, -0.05) is 0 Å². The Morgan fingerprint density at radius 2 is 1.87 bits per heavy atom. The number of alkyl halides is 3. The Hall–Kier alpha value is -1.47. The number of likely N-dealkylation sites (N-methyl/N-ethyl adjacent to an activating group) is 1. The molecule has 8 heteroatoms. The van der Waals surface area contributed by atoms with E-state index >= 15 is 0 Å². The lowest BCUT2D eigenvalue weighted by Gasteiger charge is -2.11. The van der Waals surface area contributed by atoms with Crippen LogP contribution in [0.5, 0.6) is 0 Å². The first kappa shape index (κ1) is 13.5. The fourth-order valence-electron chi connectivity index (χ4n) is 0.504. The van der Waals surface area contributed by atoms with Crippen LogP contribution in [0.3, 0.4) is 0 Å². The first-order chi connectivity index (χ1) is 6.72. The van der Waals surface area contributed by atoms with Crippen LogP contribution >= 0.6 is 0 Å². The summed E-state index contributed by atoms with van der Waals surface area (Å²) < 4.78 is 38.5. The molecule has 0 unspecified atom stereocenters. The number of amides is 2. The minimum Gasteiger partial charge on any atom is -0.440 e. The van der Waals surface area contributed by atoms with Gasteiger partial charge in [-0.15, -0.1) is 0 Å². The van der Waals surface area contributed by atoms with Crippen molar-refractivity contribution in [2.24, 2.45) is 0 Å². The molecule has 0 atom stereocenters. The standard InChI is InChI=1S/C7H11F3N2O3/c1-12(2)5(13)3-11-6(14)15-4-7(8,9)10/h3-4H2,1-2H3,(H,11,14). The largest absolute Gasteiger partial charge is 0.440 e. The molecular formula is C7H11F3N2O3. The third-order valence-electron chi connectivity index (χ3n) is 1.25. The number of hydrogen-bond acceptors (Lipinski definition) is 3. The van der Waals surface area contributed by atoms with E-state index in [0.29, 0.717) is 0 Å². The summed E-state index contributed by atoms with van der Waals surface area (Å²) in [5.41, 5.74) is 0. The van der Waals surface area contributed by atoms with E-state index in [0.717, 1.165) is 0 Å². The molecule has 0 rings (SSSR count). The summed E-state index contributed by atoms with van der Waals surface area (Å²) in [6.45, 7) is -2.07. The fourth-order valence-corrected chi connectivity index (χ4v) is 0.504. The zero-order chi connectivity index (χ0) is 12.1. The van der Waals surface area contributed by atoms with Crippen LogP contribution in [0.4, 0.5) is 18.0 Å². The summed E-state index contributed by atoms with van der Waals surface area (Å²) in [5.74, 6) is -0.445. The molecule has 0 heterocycles. The molecule has 5 nitrogen and oxygen atoms in total. The van der Waals surface area contributed by atoms with Gasteiger partial charge in [0.25, 0.3) is 0 Å². The highest BCUT2D eigenvalue weighted by Gasteiger charge is 2.29. The number of carbonyl (C=O) groups is 2. The Morgan fingerprint density at radius 3 is 2.27 bits per heavy atom. The van der Waals surface area contributed by atoms with E-state index in [2.05, 4.69) is 4.74 Å². The lowest BCUT2D eigenvalue weighted by molar-refractivity contribution is -0.160. The third-order valence-corrected chi connectivity index (χ3v) is 1.25. The van der Waals surface area contributed by atoms with E-state index in [-0.39, 0.29) is 0 Å². The SMILES string of the molecule is CN(C)C(=O)CNC(=O)OCC(F)(F)F. The number of hydrogen-bond donors (Lipinski definition) is 1. The van der Waals surface area contributed by atoms with Crippen molar-refractivity contribution >= 4 is 12.0 Å². The minimum atomic E-state index is -4.57. The highest BCUT2D eigenvalue weighted by atomic mass is 19.4. The minimum absolute atomic E-state index is 0.399. The molecule has 15 heavy (non-hydrogen) atoms. The van der Waals surface area contributed by atoms with Crippen molar-refractivity contribution in [2.75, 3.05) is 27.2 Å². The van der Waals surface area contributed by atoms with Crippen molar-refractivity contribution in [1.82, 2.24) is 10.2 Å². The predicted molar refractivity (Wildman–Crippen MR) is 44.1 cm³/mol. The van der Waals surface area contributed by atoms with Gasteiger partial charge in [0.2, 0.25) is 5.91 Å². The highest BCUT2D eigenvalue weighted by Crippen LogP contribution is 2.14. The number of carbonyl (C=O) groups excluding carboxylic acids is 2. The van der Waals surface area contributed by atoms with Gasteiger partial charge in [-0.2, -0.15) is 13.2 Å². The number of ether oxygens (including phenoxy) is 1. The number of nitrogens with one attached hydrogen (secondary N) is 1. The maximum atomic E-state index is 11.6. The Kier molecular flexibility index (Phi) is 4.89. The molecule has 0 aromatic rings. The zero-order valence-electron chi connectivity index (χ0n) is 8.22. The second-order valence-corrected chi connectivity index (χ2v) is 2.83. The summed E-state index contributed by atoms with van der Waals surface area (Å²) in [7, 11) is 2.90. The van der Waals surface area contributed by atoms with Gasteiger partial charge >= 0.3 is 12.3 Å². The number of rotatable bonds is 3. The monoisotopic (exact) mass is 228 g/mol. The summed E-state index contributed by atoms with van der Waals surface area (Å²) in [6.07, 6.45) is -5.84. The summed E-state index contributed by atoms with van der Waals surface area (Å²) in [4.78, 5) is 22.7. The van der Waals surface area contributed by atoms with Crippen LogP contribution in [0, 0.1) is 0 Å². The predicted octanol–water partition coefficient (Wildman–Crippen LogP) is 0.363. The maximum absolute atomic E-state index is 11.6. The van der Waals surface area contributed by atoms with E-state index in [1.807, 2.05) is 5.32 Å². The Labute approximate surface area is 84.2 Å². The van der Waals surface area contributed by atoms with Crippen molar-refractivity contribution in [3.8, 4) is 0 Å². The van der Waals surface area contributed by atoms with Gasteiger partial charge in [0, 0.05) is 14.1 Å². The Balaban J connectivity index is 3.72. The molecule has 0 bridgehead atoms. The molecule has 2 amide bonds. The van der Waals surface area contributed by atoms with Crippen molar-refractivity contribution in [3.05, 3.63) is 0 Å². The van der Waals surface area contributed by atoms with Gasteiger partial charge in [-0.05, 0) is 0 Å². The van der Waals surface area contributed by atoms with Crippen molar-refractivity contribution in [1.29, 1.82) is 0 Å². The van der Waals surface area contributed by atoms with Gasteiger partial charge in [-0.25, -0.2) is 4.79 Å². The van der Waals surface area contributed by atoms with Crippen LogP contribution < -0.4 is 5.32 Å². The molecule has 0 saturated heterocycles. The van der Waals surface area contributed by atoms with Crippen LogP contribution in [0.2, 0.25) is 0 Å². The number of halogens is 3. The Morgan fingerprint density at radius 1 is 1.33 bits per heavy atom. The number of nitrogens with zero attached hydrogens (tertiary/aromatic N) is 1. The van der Waals surface area contributed by atoms with E-state index in [1.54, 1.807) is 0 Å². The summed E-state index contributed by atoms with van der Waals surface area (Å²) in [5, 5.41) is 1.88. The molecule has 0 spiro atoms. The second-order valence-electron chi connectivity index (χ2n) is 2.83. The molecule has 0 aliphatic carbocycles. The van der Waals surface area contributed by atoms with Crippen LogP contribution in [-0.2, 0) is 9.53 Å².